The molecule has 0 spiro atoms. The number of methoxy groups -OCH3 is 1. The molecule has 1 heterocycles. The molecule has 0 aliphatic heterocycles. The van der Waals surface area contributed by atoms with Gasteiger partial charge in [0.1, 0.15) is 0 Å². The smallest absolute Gasteiger partial charge is 0.242 e. The second kappa shape index (κ2) is 6.34. The summed E-state index contributed by atoms with van der Waals surface area (Å²) in [6.07, 6.45) is 5.16. The van der Waals surface area contributed by atoms with Crippen LogP contribution in [0.3, 0.4) is 0 Å². The van der Waals surface area contributed by atoms with Gasteiger partial charge in [-0.15, -0.1) is 11.3 Å². The molecule has 0 amide bonds. The van der Waals surface area contributed by atoms with E-state index in [1.807, 2.05) is 5.38 Å². The van der Waals surface area contributed by atoms with Crippen LogP contribution in [0.25, 0.3) is 0 Å². The van der Waals surface area contributed by atoms with E-state index >= 15 is 0 Å². The molecule has 2 fully saturated rings. The van der Waals surface area contributed by atoms with Crippen LogP contribution in [0.4, 0.5) is 0 Å². The fourth-order valence-electron chi connectivity index (χ4n) is 2.83. The van der Waals surface area contributed by atoms with Crippen LogP contribution in [0.2, 0.25) is 0 Å². The Morgan fingerprint density at radius 3 is 2.86 bits per heavy atom. The lowest BCUT2D eigenvalue weighted by atomic mass is 10.2. The summed E-state index contributed by atoms with van der Waals surface area (Å²) in [6.45, 7) is 0.636. The van der Waals surface area contributed by atoms with Crippen LogP contribution >= 0.6 is 11.3 Å². The Kier molecular flexibility index (Phi) is 4.66. The van der Waals surface area contributed by atoms with Gasteiger partial charge < -0.3 is 10.1 Å². The highest BCUT2D eigenvalue weighted by molar-refractivity contribution is 7.89. The molecule has 0 aromatic carbocycles. The van der Waals surface area contributed by atoms with E-state index in [0.717, 1.165) is 24.1 Å². The first-order valence-electron chi connectivity index (χ1n) is 7.45. The molecule has 2 atom stereocenters. The highest BCUT2D eigenvalue weighted by Crippen LogP contribution is 2.27. The Balaban J connectivity index is 1.70. The van der Waals surface area contributed by atoms with E-state index in [9.17, 15) is 8.42 Å². The first kappa shape index (κ1) is 15.4. The standard InChI is InChI=1S/C14H22N2O3S2/c1-19-12-4-2-3-11(12)16-21(17,18)14-7-8-20-13(14)9-15-10-5-6-10/h7-8,10-12,15-16H,2-6,9H2,1H3. The average Bonchev–Trinajstić information content (AvgIpc) is 2.98. The van der Waals surface area contributed by atoms with Crippen molar-refractivity contribution in [3.8, 4) is 0 Å². The first-order valence-corrected chi connectivity index (χ1v) is 9.81. The molecule has 2 N–H and O–H groups in total. The molecule has 5 nitrogen and oxygen atoms in total. The van der Waals surface area contributed by atoms with E-state index < -0.39 is 10.0 Å². The average molecular weight is 330 g/mol. The predicted octanol–water partition coefficient (Wildman–Crippen LogP) is 1.85. The van der Waals surface area contributed by atoms with Crippen molar-refractivity contribution < 1.29 is 13.2 Å². The Morgan fingerprint density at radius 2 is 2.14 bits per heavy atom. The summed E-state index contributed by atoms with van der Waals surface area (Å²) in [7, 11) is -1.82. The van der Waals surface area contributed by atoms with E-state index in [0.29, 0.717) is 17.5 Å². The van der Waals surface area contributed by atoms with Crippen molar-refractivity contribution in [3.63, 3.8) is 0 Å². The molecular formula is C14H22N2O3S2. The lowest BCUT2D eigenvalue weighted by Gasteiger charge is -2.19. The van der Waals surface area contributed by atoms with Crippen molar-refractivity contribution in [1.82, 2.24) is 10.0 Å². The van der Waals surface area contributed by atoms with E-state index in [1.165, 1.54) is 24.2 Å². The minimum Gasteiger partial charge on any atom is -0.380 e. The highest BCUT2D eigenvalue weighted by atomic mass is 32.2. The van der Waals surface area contributed by atoms with Gasteiger partial charge in [-0.1, -0.05) is 0 Å². The Bertz CT molecular complexity index is 581. The summed E-state index contributed by atoms with van der Waals surface area (Å²) >= 11 is 1.50. The minimum absolute atomic E-state index is 0.00792. The molecule has 1 aromatic heterocycles. The Hall–Kier alpha value is -0.470. The topological polar surface area (TPSA) is 67.4 Å². The molecule has 2 saturated carbocycles. The van der Waals surface area contributed by atoms with Gasteiger partial charge in [0.2, 0.25) is 10.0 Å². The SMILES string of the molecule is COC1CCCC1NS(=O)(=O)c1ccsc1CNC1CC1. The predicted molar refractivity (Wildman–Crippen MR) is 82.9 cm³/mol. The maximum absolute atomic E-state index is 12.6. The Morgan fingerprint density at radius 1 is 1.33 bits per heavy atom. The molecule has 3 rings (SSSR count). The number of rotatable bonds is 7. The molecule has 1 aromatic rings. The summed E-state index contributed by atoms with van der Waals surface area (Å²) in [5, 5.41) is 5.23. The van der Waals surface area contributed by atoms with Gasteiger partial charge >= 0.3 is 0 Å². The van der Waals surface area contributed by atoms with Crippen molar-refractivity contribution in [1.29, 1.82) is 0 Å². The number of hydrogen-bond donors (Lipinski definition) is 2. The van der Waals surface area contributed by atoms with Gasteiger partial charge in [-0.3, -0.25) is 0 Å². The highest BCUT2D eigenvalue weighted by Gasteiger charge is 2.32. The van der Waals surface area contributed by atoms with E-state index in [1.54, 1.807) is 13.2 Å². The lowest BCUT2D eigenvalue weighted by Crippen LogP contribution is -2.40. The van der Waals surface area contributed by atoms with Crippen LogP contribution in [-0.4, -0.2) is 33.7 Å². The molecule has 2 aliphatic rings. The molecule has 0 saturated heterocycles. The maximum atomic E-state index is 12.6. The second-order valence-electron chi connectivity index (χ2n) is 5.80. The van der Waals surface area contributed by atoms with Crippen molar-refractivity contribution in [2.24, 2.45) is 0 Å². The van der Waals surface area contributed by atoms with Crippen LogP contribution < -0.4 is 10.0 Å². The minimum atomic E-state index is -3.46. The number of ether oxygens (including phenoxy) is 1. The van der Waals surface area contributed by atoms with Crippen molar-refractivity contribution in [2.45, 2.75) is 61.7 Å². The molecule has 0 radical (unpaired) electrons. The number of sulfonamides is 1. The molecular weight excluding hydrogens is 308 g/mol. The molecule has 21 heavy (non-hydrogen) atoms. The van der Waals surface area contributed by atoms with Crippen molar-refractivity contribution in [3.05, 3.63) is 16.3 Å². The van der Waals surface area contributed by atoms with E-state index in [2.05, 4.69) is 10.0 Å². The van der Waals surface area contributed by atoms with Crippen LogP contribution in [0, 0.1) is 0 Å². The second-order valence-corrected chi connectivity index (χ2v) is 8.48. The van der Waals surface area contributed by atoms with Crippen LogP contribution in [0.15, 0.2) is 16.3 Å². The van der Waals surface area contributed by atoms with E-state index in [-0.39, 0.29) is 12.1 Å². The number of nitrogens with one attached hydrogen (secondary N) is 2. The van der Waals surface area contributed by atoms with Gasteiger partial charge in [0.05, 0.1) is 11.0 Å². The fraction of sp³-hybridized carbons (Fsp3) is 0.714. The summed E-state index contributed by atoms with van der Waals surface area (Å²) in [5.74, 6) is 0. The summed E-state index contributed by atoms with van der Waals surface area (Å²) < 4.78 is 33.4. The quantitative estimate of drug-likeness (QED) is 0.801. The third-order valence-electron chi connectivity index (χ3n) is 4.18. The zero-order chi connectivity index (χ0) is 14.9. The van der Waals surface area contributed by atoms with Gasteiger partial charge in [0.15, 0.2) is 0 Å². The Labute approximate surface area is 130 Å². The monoisotopic (exact) mass is 330 g/mol. The van der Waals surface area contributed by atoms with E-state index in [4.69, 9.17) is 4.74 Å². The van der Waals surface area contributed by atoms with Crippen LogP contribution in [-0.2, 0) is 21.3 Å². The maximum Gasteiger partial charge on any atom is 0.242 e. The number of hydrogen-bond acceptors (Lipinski definition) is 5. The molecule has 7 heteroatoms. The number of thiophene rings is 1. The lowest BCUT2D eigenvalue weighted by molar-refractivity contribution is 0.0916. The third kappa shape index (κ3) is 3.65. The normalized spacial score (nSPS) is 26.3. The van der Waals surface area contributed by atoms with Gasteiger partial charge in [-0.2, -0.15) is 0 Å². The summed E-state index contributed by atoms with van der Waals surface area (Å²) in [4.78, 5) is 1.31. The van der Waals surface area contributed by atoms with Gasteiger partial charge in [-0.25, -0.2) is 13.1 Å². The molecule has 0 bridgehead atoms. The van der Waals surface area contributed by atoms with Gasteiger partial charge in [0.25, 0.3) is 0 Å². The third-order valence-corrected chi connectivity index (χ3v) is 6.81. The van der Waals surface area contributed by atoms with Gasteiger partial charge in [0, 0.05) is 30.6 Å². The zero-order valence-corrected chi connectivity index (χ0v) is 13.8. The largest absolute Gasteiger partial charge is 0.380 e. The molecule has 2 unspecified atom stereocenters. The molecule has 118 valence electrons. The van der Waals surface area contributed by atoms with Gasteiger partial charge in [-0.05, 0) is 43.6 Å². The van der Waals surface area contributed by atoms with Crippen LogP contribution in [0.5, 0.6) is 0 Å². The van der Waals surface area contributed by atoms with Crippen molar-refractivity contribution >= 4 is 21.4 Å². The zero-order valence-electron chi connectivity index (χ0n) is 12.2. The molecule has 2 aliphatic carbocycles. The van der Waals surface area contributed by atoms with Crippen LogP contribution in [0.1, 0.15) is 37.0 Å². The van der Waals surface area contributed by atoms with Crippen molar-refractivity contribution in [2.75, 3.05) is 7.11 Å². The summed E-state index contributed by atoms with van der Waals surface area (Å²) in [5.41, 5.74) is 0. The summed E-state index contributed by atoms with van der Waals surface area (Å²) in [6, 6.07) is 2.17. The first-order chi connectivity index (χ1) is 10.1. The fourth-order valence-corrected chi connectivity index (χ4v) is 5.52.